The molecule has 0 aromatic carbocycles. The lowest BCUT2D eigenvalue weighted by Crippen LogP contribution is -2.28. The average molecular weight is 410 g/mol. The van der Waals surface area contributed by atoms with Crippen LogP contribution in [0.3, 0.4) is 0 Å². The van der Waals surface area contributed by atoms with Gasteiger partial charge in [0.1, 0.15) is 0 Å². The number of H-pyrrole nitrogens is 1. The van der Waals surface area contributed by atoms with Crippen LogP contribution in [-0.2, 0) is 6.54 Å². The first-order valence-corrected chi connectivity index (χ1v) is 10.6. The maximum absolute atomic E-state index is 13.2. The molecule has 0 unspecified atom stereocenters. The van der Waals surface area contributed by atoms with E-state index in [9.17, 15) is 9.59 Å². The van der Waals surface area contributed by atoms with Crippen LogP contribution in [-0.4, -0.2) is 25.7 Å². The van der Waals surface area contributed by atoms with Gasteiger partial charge in [-0.05, 0) is 58.2 Å². The number of fused-ring (bicyclic) bond motifs is 1. The highest BCUT2D eigenvalue weighted by Gasteiger charge is 2.21. The maximum Gasteiger partial charge on any atom is 0.253 e. The van der Waals surface area contributed by atoms with Crippen LogP contribution in [0.15, 0.2) is 23.1 Å². The fourth-order valence-corrected chi connectivity index (χ4v) is 3.88. The van der Waals surface area contributed by atoms with Crippen molar-refractivity contribution in [3.8, 4) is 0 Å². The lowest BCUT2D eigenvalue weighted by molar-refractivity contribution is 0.0952. The first kappa shape index (κ1) is 21.7. The van der Waals surface area contributed by atoms with Crippen LogP contribution in [0, 0.1) is 13.8 Å². The fourth-order valence-electron chi connectivity index (χ4n) is 3.88. The second-order valence-corrected chi connectivity index (χ2v) is 8.15. The highest BCUT2D eigenvalue weighted by Crippen LogP contribution is 2.27. The number of aryl methyl sites for hydroxylation is 2. The van der Waals surface area contributed by atoms with Gasteiger partial charge < -0.3 is 10.3 Å². The van der Waals surface area contributed by atoms with E-state index in [1.807, 2.05) is 44.5 Å². The fraction of sp³-hybridized carbons (Fsp3) is 0.478. The van der Waals surface area contributed by atoms with Gasteiger partial charge in [-0.3, -0.25) is 9.59 Å². The van der Waals surface area contributed by atoms with E-state index in [0.717, 1.165) is 40.8 Å². The molecule has 3 aromatic rings. The Balaban J connectivity index is 2.01. The molecule has 3 aromatic heterocycles. The second kappa shape index (κ2) is 8.81. The summed E-state index contributed by atoms with van der Waals surface area (Å²) in [4.78, 5) is 33.1. The third-order valence-corrected chi connectivity index (χ3v) is 5.64. The molecule has 0 aliphatic rings. The van der Waals surface area contributed by atoms with Crippen molar-refractivity contribution in [2.24, 2.45) is 0 Å². The molecule has 160 valence electrons. The van der Waals surface area contributed by atoms with Crippen LogP contribution >= 0.6 is 0 Å². The molecule has 0 bridgehead atoms. The molecule has 0 saturated carbocycles. The van der Waals surface area contributed by atoms with Gasteiger partial charge in [-0.15, -0.1) is 0 Å². The number of nitrogens with zero attached hydrogens (tertiary/aromatic N) is 3. The summed E-state index contributed by atoms with van der Waals surface area (Å²) in [5.74, 6) is 0.0518. The van der Waals surface area contributed by atoms with Gasteiger partial charge in [0.05, 0.1) is 17.1 Å². The standard InChI is InChI=1S/C23H31N5O2/c1-7-16(8-2)20-10-17(19-12-25-28(13(3)4)21(19)27-20)22(29)24-11-18-14(5)9-15(6)26-23(18)30/h9-10,12-13,16H,7-8,11H2,1-6H3,(H,24,29)(H,26,30). The normalized spacial score (nSPS) is 11.6. The Morgan fingerprint density at radius 2 is 1.90 bits per heavy atom. The Labute approximate surface area is 176 Å². The molecule has 0 saturated heterocycles. The van der Waals surface area contributed by atoms with Crippen molar-refractivity contribution in [1.29, 1.82) is 0 Å². The summed E-state index contributed by atoms with van der Waals surface area (Å²) in [5, 5.41) is 8.12. The van der Waals surface area contributed by atoms with E-state index in [0.29, 0.717) is 11.1 Å². The minimum atomic E-state index is -0.225. The van der Waals surface area contributed by atoms with Crippen molar-refractivity contribution in [3.05, 3.63) is 56.8 Å². The Hall–Kier alpha value is -2.96. The highest BCUT2D eigenvalue weighted by molar-refractivity contribution is 6.05. The smallest absolute Gasteiger partial charge is 0.253 e. The van der Waals surface area contributed by atoms with Crippen molar-refractivity contribution in [2.45, 2.75) is 72.9 Å². The molecule has 2 N–H and O–H groups in total. The molecule has 0 radical (unpaired) electrons. The molecule has 3 heterocycles. The lowest BCUT2D eigenvalue weighted by atomic mass is 9.96. The van der Waals surface area contributed by atoms with Crippen molar-refractivity contribution >= 4 is 16.9 Å². The highest BCUT2D eigenvalue weighted by atomic mass is 16.1. The van der Waals surface area contributed by atoms with Gasteiger partial charge >= 0.3 is 0 Å². The van der Waals surface area contributed by atoms with Gasteiger partial charge in [0.15, 0.2) is 5.65 Å². The minimum Gasteiger partial charge on any atom is -0.348 e. The number of rotatable bonds is 7. The van der Waals surface area contributed by atoms with E-state index in [-0.39, 0.29) is 30.0 Å². The molecule has 0 atom stereocenters. The van der Waals surface area contributed by atoms with Gasteiger partial charge in [-0.25, -0.2) is 9.67 Å². The number of carbonyl (C=O) groups excluding carboxylic acids is 1. The predicted octanol–water partition coefficient (Wildman–Crippen LogP) is 4.15. The number of pyridine rings is 2. The van der Waals surface area contributed by atoms with Crippen LogP contribution in [0.1, 0.15) is 85.4 Å². The minimum absolute atomic E-state index is 0.136. The topological polar surface area (TPSA) is 92.7 Å². The Morgan fingerprint density at radius 3 is 2.50 bits per heavy atom. The predicted molar refractivity (Wildman–Crippen MR) is 119 cm³/mol. The molecule has 0 aliphatic carbocycles. The Kier molecular flexibility index (Phi) is 6.39. The van der Waals surface area contributed by atoms with Gasteiger partial charge in [0.2, 0.25) is 0 Å². The Bertz CT molecular complexity index is 1120. The SMILES string of the molecule is CCC(CC)c1cc(C(=O)NCc2c(C)cc(C)[nH]c2=O)c2cnn(C(C)C)c2n1. The summed E-state index contributed by atoms with van der Waals surface area (Å²) in [7, 11) is 0. The zero-order chi connectivity index (χ0) is 22.0. The molecule has 0 spiro atoms. The van der Waals surface area contributed by atoms with E-state index in [4.69, 9.17) is 4.98 Å². The van der Waals surface area contributed by atoms with Crippen LogP contribution in [0.2, 0.25) is 0 Å². The number of carbonyl (C=O) groups is 1. The third kappa shape index (κ3) is 4.15. The quantitative estimate of drug-likeness (QED) is 0.613. The van der Waals surface area contributed by atoms with Crippen LogP contribution < -0.4 is 10.9 Å². The van der Waals surface area contributed by atoms with Crippen molar-refractivity contribution in [3.63, 3.8) is 0 Å². The van der Waals surface area contributed by atoms with Crippen molar-refractivity contribution < 1.29 is 4.79 Å². The largest absolute Gasteiger partial charge is 0.348 e. The average Bonchev–Trinajstić information content (AvgIpc) is 3.11. The molecular weight excluding hydrogens is 378 g/mol. The number of amides is 1. The first-order chi connectivity index (χ1) is 14.3. The van der Waals surface area contributed by atoms with Gasteiger partial charge in [-0.1, -0.05) is 13.8 Å². The number of aromatic amines is 1. The number of hydrogen-bond donors (Lipinski definition) is 2. The van der Waals surface area contributed by atoms with E-state index in [2.05, 4.69) is 29.2 Å². The van der Waals surface area contributed by atoms with Gasteiger partial charge in [0.25, 0.3) is 11.5 Å². The summed E-state index contributed by atoms with van der Waals surface area (Å²) in [6.07, 6.45) is 3.60. The molecule has 1 amide bonds. The van der Waals surface area contributed by atoms with Crippen molar-refractivity contribution in [1.82, 2.24) is 25.1 Å². The molecular formula is C23H31N5O2. The van der Waals surface area contributed by atoms with E-state index in [1.165, 1.54) is 0 Å². The molecule has 3 rings (SSSR count). The molecule has 30 heavy (non-hydrogen) atoms. The van der Waals surface area contributed by atoms with Crippen LogP contribution in [0.4, 0.5) is 0 Å². The number of nitrogens with one attached hydrogen (secondary N) is 2. The molecule has 7 nitrogen and oxygen atoms in total. The number of aromatic nitrogens is 4. The monoisotopic (exact) mass is 409 g/mol. The maximum atomic E-state index is 13.2. The van der Waals surface area contributed by atoms with Gasteiger partial charge in [-0.2, -0.15) is 5.10 Å². The van der Waals surface area contributed by atoms with E-state index in [1.54, 1.807) is 6.20 Å². The lowest BCUT2D eigenvalue weighted by Gasteiger charge is -2.15. The van der Waals surface area contributed by atoms with Gasteiger partial charge in [0, 0.05) is 35.5 Å². The number of hydrogen-bond acceptors (Lipinski definition) is 4. The van der Waals surface area contributed by atoms with Crippen LogP contribution in [0.25, 0.3) is 11.0 Å². The molecule has 7 heteroatoms. The molecule has 0 aliphatic heterocycles. The van der Waals surface area contributed by atoms with E-state index >= 15 is 0 Å². The first-order valence-electron chi connectivity index (χ1n) is 10.6. The molecule has 0 fully saturated rings. The summed E-state index contributed by atoms with van der Waals surface area (Å²) in [6.45, 7) is 12.2. The zero-order valence-electron chi connectivity index (χ0n) is 18.7. The summed E-state index contributed by atoms with van der Waals surface area (Å²) in [5.41, 5.74) is 4.25. The van der Waals surface area contributed by atoms with Crippen LogP contribution in [0.5, 0.6) is 0 Å². The third-order valence-electron chi connectivity index (χ3n) is 5.64. The zero-order valence-corrected chi connectivity index (χ0v) is 18.7. The van der Waals surface area contributed by atoms with Crippen molar-refractivity contribution in [2.75, 3.05) is 0 Å². The second-order valence-electron chi connectivity index (χ2n) is 8.15. The summed E-state index contributed by atoms with van der Waals surface area (Å²) < 4.78 is 1.85. The summed E-state index contributed by atoms with van der Waals surface area (Å²) >= 11 is 0. The Morgan fingerprint density at radius 1 is 1.20 bits per heavy atom. The summed E-state index contributed by atoms with van der Waals surface area (Å²) in [6, 6.07) is 3.93. The van der Waals surface area contributed by atoms with E-state index < -0.39 is 0 Å².